The maximum absolute atomic E-state index is 12.5. The third-order valence-electron chi connectivity index (χ3n) is 1.31. The molecule has 0 aromatic carbocycles. The van der Waals surface area contributed by atoms with Crippen LogP contribution in [0.15, 0.2) is 0 Å². The van der Waals surface area contributed by atoms with E-state index in [4.69, 9.17) is 0 Å². The first-order valence-corrected chi connectivity index (χ1v) is 3.73. The van der Waals surface area contributed by atoms with Gasteiger partial charge in [-0.3, -0.25) is 9.59 Å². The lowest BCUT2D eigenvalue weighted by molar-refractivity contribution is -0.149. The Bertz CT molecular complexity index is 206. The van der Waals surface area contributed by atoms with Crippen molar-refractivity contribution in [2.24, 2.45) is 5.73 Å². The van der Waals surface area contributed by atoms with Gasteiger partial charge in [0.15, 0.2) is 0 Å². The van der Waals surface area contributed by atoms with Gasteiger partial charge in [-0.1, -0.05) is 0 Å². The predicted molar refractivity (Wildman–Crippen MR) is 40.0 cm³/mol. The zero-order valence-corrected chi connectivity index (χ0v) is 7.18. The molecule has 0 aliphatic heterocycles. The highest BCUT2D eigenvalue weighted by molar-refractivity contribution is 5.82. The fourth-order valence-corrected chi connectivity index (χ4v) is 0.615. The first kappa shape index (κ1) is 11.8. The van der Waals surface area contributed by atoms with E-state index >= 15 is 0 Å². The summed E-state index contributed by atoms with van der Waals surface area (Å²) in [4.78, 5) is 20.7. The van der Waals surface area contributed by atoms with E-state index in [1.807, 2.05) is 0 Å². The molecular formula is C7H11F2NO3. The summed E-state index contributed by atoms with van der Waals surface area (Å²) >= 11 is 0. The Hall–Kier alpha value is -1.20. The topological polar surface area (TPSA) is 69.4 Å². The highest BCUT2D eigenvalue weighted by atomic mass is 19.3. The number of ether oxygens (including phenoxy) is 1. The van der Waals surface area contributed by atoms with Gasteiger partial charge < -0.3 is 10.5 Å². The molecule has 0 aliphatic rings. The van der Waals surface area contributed by atoms with Crippen molar-refractivity contribution < 1.29 is 23.1 Å². The summed E-state index contributed by atoms with van der Waals surface area (Å²) in [5.74, 6) is -6.12. The summed E-state index contributed by atoms with van der Waals surface area (Å²) in [6.07, 6.45) is -1.41. The van der Waals surface area contributed by atoms with Crippen LogP contribution in [0.4, 0.5) is 8.78 Å². The van der Waals surface area contributed by atoms with E-state index in [1.54, 1.807) is 6.92 Å². The van der Waals surface area contributed by atoms with E-state index in [0.717, 1.165) is 0 Å². The van der Waals surface area contributed by atoms with Crippen molar-refractivity contribution in [2.45, 2.75) is 25.7 Å². The van der Waals surface area contributed by atoms with Crippen molar-refractivity contribution in [1.29, 1.82) is 0 Å². The van der Waals surface area contributed by atoms with Crippen LogP contribution in [0, 0.1) is 0 Å². The number of hydrogen-bond donors (Lipinski definition) is 1. The molecule has 13 heavy (non-hydrogen) atoms. The molecule has 0 heterocycles. The molecule has 76 valence electrons. The average Bonchev–Trinajstić information content (AvgIpc) is 2.01. The zero-order valence-electron chi connectivity index (χ0n) is 7.18. The van der Waals surface area contributed by atoms with E-state index < -0.39 is 30.6 Å². The van der Waals surface area contributed by atoms with Crippen LogP contribution in [0.25, 0.3) is 0 Å². The van der Waals surface area contributed by atoms with Crippen molar-refractivity contribution in [3.8, 4) is 0 Å². The molecule has 0 fully saturated rings. The molecule has 0 rings (SSSR count). The van der Waals surface area contributed by atoms with Gasteiger partial charge in [-0.15, -0.1) is 0 Å². The maximum Gasteiger partial charge on any atom is 0.324 e. The number of carbonyl (C=O) groups excluding carboxylic acids is 2. The van der Waals surface area contributed by atoms with Gasteiger partial charge in [0.25, 0.3) is 5.91 Å². The minimum atomic E-state index is -3.63. The lowest BCUT2D eigenvalue weighted by Gasteiger charge is -2.10. The normalized spacial score (nSPS) is 11.0. The Balaban J connectivity index is 3.88. The van der Waals surface area contributed by atoms with Crippen LogP contribution in [0.5, 0.6) is 0 Å². The summed E-state index contributed by atoms with van der Waals surface area (Å²) in [6.45, 7) is 1.69. The zero-order chi connectivity index (χ0) is 10.5. The van der Waals surface area contributed by atoms with Crippen LogP contribution in [-0.4, -0.2) is 24.4 Å². The van der Waals surface area contributed by atoms with Gasteiger partial charge in [0.05, 0.1) is 13.0 Å². The fraction of sp³-hybridized carbons (Fsp3) is 0.714. The second-order valence-corrected chi connectivity index (χ2v) is 2.37. The molecule has 0 saturated carbocycles. The van der Waals surface area contributed by atoms with E-state index in [9.17, 15) is 18.4 Å². The minimum Gasteiger partial charge on any atom is -0.466 e. The van der Waals surface area contributed by atoms with Gasteiger partial charge in [0, 0.05) is 6.42 Å². The van der Waals surface area contributed by atoms with Crippen molar-refractivity contribution in [1.82, 2.24) is 0 Å². The van der Waals surface area contributed by atoms with Crippen LogP contribution < -0.4 is 5.73 Å². The highest BCUT2D eigenvalue weighted by Crippen LogP contribution is 2.19. The van der Waals surface area contributed by atoms with Crippen LogP contribution in [0.1, 0.15) is 19.8 Å². The molecule has 6 heteroatoms. The first-order valence-electron chi connectivity index (χ1n) is 3.73. The highest BCUT2D eigenvalue weighted by Gasteiger charge is 2.36. The van der Waals surface area contributed by atoms with Gasteiger partial charge in [0.2, 0.25) is 0 Å². The molecule has 4 nitrogen and oxygen atoms in total. The summed E-state index contributed by atoms with van der Waals surface area (Å²) in [7, 11) is 0. The second-order valence-electron chi connectivity index (χ2n) is 2.37. The number of halogens is 2. The van der Waals surface area contributed by atoms with Gasteiger partial charge in [0.1, 0.15) is 0 Å². The van der Waals surface area contributed by atoms with E-state index in [0.29, 0.717) is 0 Å². The van der Waals surface area contributed by atoms with E-state index in [2.05, 4.69) is 10.5 Å². The monoisotopic (exact) mass is 195 g/mol. The number of hydrogen-bond acceptors (Lipinski definition) is 3. The average molecular weight is 195 g/mol. The number of alkyl halides is 2. The number of amides is 1. The number of rotatable bonds is 5. The smallest absolute Gasteiger partial charge is 0.324 e. The van der Waals surface area contributed by atoms with Crippen LogP contribution in [0.2, 0.25) is 0 Å². The third-order valence-corrected chi connectivity index (χ3v) is 1.31. The number of nitrogens with two attached hydrogens (primary N) is 1. The van der Waals surface area contributed by atoms with Crippen molar-refractivity contribution in [3.05, 3.63) is 0 Å². The summed E-state index contributed by atoms with van der Waals surface area (Å²) < 4.78 is 29.3. The van der Waals surface area contributed by atoms with Crippen molar-refractivity contribution in [2.75, 3.05) is 6.61 Å². The van der Waals surface area contributed by atoms with Crippen molar-refractivity contribution in [3.63, 3.8) is 0 Å². The molecule has 1 amide bonds. The number of primary amides is 1. The molecule has 0 aromatic rings. The molecule has 0 saturated heterocycles. The third kappa shape index (κ3) is 4.39. The molecule has 0 aromatic heterocycles. The van der Waals surface area contributed by atoms with Gasteiger partial charge in [-0.05, 0) is 6.92 Å². The molecule has 0 spiro atoms. The first-order chi connectivity index (χ1) is 5.90. The van der Waals surface area contributed by atoms with Gasteiger partial charge >= 0.3 is 11.9 Å². The van der Waals surface area contributed by atoms with Crippen LogP contribution in [0.3, 0.4) is 0 Å². The van der Waals surface area contributed by atoms with E-state index in [-0.39, 0.29) is 6.61 Å². The minimum absolute atomic E-state index is 0.126. The van der Waals surface area contributed by atoms with Gasteiger partial charge in [-0.2, -0.15) is 8.78 Å². The molecule has 0 radical (unpaired) electrons. The largest absolute Gasteiger partial charge is 0.466 e. The molecule has 0 bridgehead atoms. The molecule has 0 aliphatic carbocycles. The predicted octanol–water partition coefficient (Wildman–Crippen LogP) is 0.450. The quantitative estimate of drug-likeness (QED) is 0.647. The Morgan fingerprint density at radius 2 is 2.00 bits per heavy atom. The fourth-order valence-electron chi connectivity index (χ4n) is 0.615. The maximum atomic E-state index is 12.5. The van der Waals surface area contributed by atoms with E-state index in [1.165, 1.54) is 0 Å². The summed E-state index contributed by atoms with van der Waals surface area (Å²) in [6, 6.07) is 0. The standard InChI is InChI=1S/C7H11F2NO3/c1-2-13-5(11)3-4-7(8,9)6(10)12/h2-4H2,1H3,(H2,10,12). The summed E-state index contributed by atoms with van der Waals surface area (Å²) in [5.41, 5.74) is 4.39. The Kier molecular flexibility index (Phi) is 4.30. The summed E-state index contributed by atoms with van der Waals surface area (Å²) in [5, 5.41) is 0. The Morgan fingerprint density at radius 3 is 2.38 bits per heavy atom. The Morgan fingerprint density at radius 1 is 1.46 bits per heavy atom. The lowest BCUT2D eigenvalue weighted by Crippen LogP contribution is -2.35. The molecular weight excluding hydrogens is 184 g/mol. The van der Waals surface area contributed by atoms with Gasteiger partial charge in [-0.25, -0.2) is 0 Å². The number of carbonyl (C=O) groups is 2. The molecule has 2 N–H and O–H groups in total. The second kappa shape index (κ2) is 4.74. The Labute approximate surface area is 74.0 Å². The molecule has 0 unspecified atom stereocenters. The van der Waals surface area contributed by atoms with Crippen molar-refractivity contribution >= 4 is 11.9 Å². The SMILES string of the molecule is CCOC(=O)CCC(F)(F)C(N)=O. The number of esters is 1. The lowest BCUT2D eigenvalue weighted by atomic mass is 10.2. The molecule has 0 atom stereocenters. The van der Waals surface area contributed by atoms with Crippen LogP contribution in [-0.2, 0) is 14.3 Å². The van der Waals surface area contributed by atoms with Crippen LogP contribution >= 0.6 is 0 Å².